The summed E-state index contributed by atoms with van der Waals surface area (Å²) in [6.45, 7) is 1.96. The van der Waals surface area contributed by atoms with Crippen LogP contribution in [0.3, 0.4) is 0 Å². The molecule has 0 saturated carbocycles. The van der Waals surface area contributed by atoms with Gasteiger partial charge in [-0.2, -0.15) is 0 Å². The molecule has 1 aliphatic heterocycles. The molecule has 1 aliphatic rings. The average Bonchev–Trinajstić information content (AvgIpc) is 2.83. The minimum atomic E-state index is -0.363. The van der Waals surface area contributed by atoms with Gasteiger partial charge in [0.05, 0.1) is 0 Å². The van der Waals surface area contributed by atoms with Gasteiger partial charge >= 0.3 is 0 Å². The Morgan fingerprint density at radius 2 is 1.19 bits per heavy atom. The second-order valence-corrected chi connectivity index (χ2v) is 7.76. The standard InChI is InChI=1S/C26H25FN2O2/c27-23-13-11-22(12-14-23)26(31)29-17-15-28(16-18-29)25(30)19-24(20-7-3-1-4-8-20)21-9-5-2-6-10-21/h1-14,24H,15-19H2. The topological polar surface area (TPSA) is 40.6 Å². The second kappa shape index (κ2) is 9.56. The van der Waals surface area contributed by atoms with Crippen LogP contribution in [0.5, 0.6) is 0 Å². The highest BCUT2D eigenvalue weighted by atomic mass is 19.1. The fourth-order valence-corrected chi connectivity index (χ4v) is 4.04. The average molecular weight is 416 g/mol. The van der Waals surface area contributed by atoms with Crippen LogP contribution < -0.4 is 0 Å². The van der Waals surface area contributed by atoms with Gasteiger partial charge in [0.15, 0.2) is 0 Å². The van der Waals surface area contributed by atoms with E-state index in [1.165, 1.54) is 24.3 Å². The van der Waals surface area contributed by atoms with Crippen molar-refractivity contribution in [1.82, 2.24) is 9.80 Å². The van der Waals surface area contributed by atoms with Crippen LogP contribution in [-0.2, 0) is 4.79 Å². The maximum absolute atomic E-state index is 13.1. The van der Waals surface area contributed by atoms with Crippen LogP contribution in [0.15, 0.2) is 84.9 Å². The first-order chi connectivity index (χ1) is 15.1. The summed E-state index contributed by atoms with van der Waals surface area (Å²) in [5, 5.41) is 0. The molecule has 0 spiro atoms. The summed E-state index contributed by atoms with van der Waals surface area (Å²) in [5.41, 5.74) is 2.70. The first-order valence-corrected chi connectivity index (χ1v) is 10.5. The second-order valence-electron chi connectivity index (χ2n) is 7.76. The molecule has 0 atom stereocenters. The lowest BCUT2D eigenvalue weighted by Gasteiger charge is -2.35. The molecule has 0 radical (unpaired) electrons. The fraction of sp³-hybridized carbons (Fsp3) is 0.231. The van der Waals surface area contributed by atoms with E-state index in [0.29, 0.717) is 38.2 Å². The Balaban J connectivity index is 1.40. The molecule has 1 saturated heterocycles. The lowest BCUT2D eigenvalue weighted by atomic mass is 9.88. The number of carbonyl (C=O) groups excluding carboxylic acids is 2. The van der Waals surface area contributed by atoms with Crippen molar-refractivity contribution < 1.29 is 14.0 Å². The molecule has 0 aliphatic carbocycles. The van der Waals surface area contributed by atoms with Crippen molar-refractivity contribution in [3.63, 3.8) is 0 Å². The maximum Gasteiger partial charge on any atom is 0.253 e. The Labute approximate surface area is 181 Å². The van der Waals surface area contributed by atoms with Crippen LogP contribution >= 0.6 is 0 Å². The minimum Gasteiger partial charge on any atom is -0.339 e. The monoisotopic (exact) mass is 416 g/mol. The van der Waals surface area contributed by atoms with Gasteiger partial charge in [-0.25, -0.2) is 4.39 Å². The molecule has 31 heavy (non-hydrogen) atoms. The first kappa shape index (κ1) is 20.8. The van der Waals surface area contributed by atoms with Gasteiger partial charge in [-0.15, -0.1) is 0 Å². The highest BCUT2D eigenvalue weighted by Gasteiger charge is 2.27. The molecule has 3 aromatic carbocycles. The number of hydrogen-bond acceptors (Lipinski definition) is 2. The lowest BCUT2D eigenvalue weighted by molar-refractivity contribution is -0.132. The van der Waals surface area contributed by atoms with Crippen molar-refractivity contribution in [3.8, 4) is 0 Å². The molecule has 5 heteroatoms. The van der Waals surface area contributed by atoms with Gasteiger partial charge in [0.1, 0.15) is 5.82 Å². The number of piperazine rings is 1. The van der Waals surface area contributed by atoms with E-state index < -0.39 is 0 Å². The van der Waals surface area contributed by atoms with Gasteiger partial charge in [-0.05, 0) is 35.4 Å². The minimum absolute atomic E-state index is 0.00576. The number of hydrogen-bond donors (Lipinski definition) is 0. The summed E-state index contributed by atoms with van der Waals surface area (Å²) >= 11 is 0. The Bertz CT molecular complexity index is 975. The van der Waals surface area contributed by atoms with Crippen molar-refractivity contribution in [1.29, 1.82) is 0 Å². The Morgan fingerprint density at radius 1 is 0.710 bits per heavy atom. The van der Waals surface area contributed by atoms with Crippen LogP contribution in [-0.4, -0.2) is 47.8 Å². The maximum atomic E-state index is 13.1. The largest absolute Gasteiger partial charge is 0.339 e. The molecule has 0 bridgehead atoms. The van der Waals surface area contributed by atoms with E-state index in [0.717, 1.165) is 11.1 Å². The zero-order valence-electron chi connectivity index (χ0n) is 17.3. The van der Waals surface area contributed by atoms with E-state index in [1.807, 2.05) is 41.3 Å². The van der Waals surface area contributed by atoms with Crippen LogP contribution in [0.2, 0.25) is 0 Å². The third-order valence-electron chi connectivity index (χ3n) is 5.79. The molecular formula is C26H25FN2O2. The molecule has 4 rings (SSSR count). The smallest absolute Gasteiger partial charge is 0.253 e. The Kier molecular flexibility index (Phi) is 6.41. The molecule has 0 N–H and O–H groups in total. The molecule has 3 aromatic rings. The van der Waals surface area contributed by atoms with Crippen molar-refractivity contribution in [3.05, 3.63) is 107 Å². The van der Waals surface area contributed by atoms with Crippen LogP contribution in [0.1, 0.15) is 33.8 Å². The molecule has 2 amide bonds. The summed E-state index contributed by atoms with van der Waals surface area (Å²) in [6.07, 6.45) is 0.389. The van der Waals surface area contributed by atoms with E-state index in [2.05, 4.69) is 24.3 Å². The van der Waals surface area contributed by atoms with Crippen molar-refractivity contribution in [2.24, 2.45) is 0 Å². The summed E-state index contributed by atoms with van der Waals surface area (Å²) < 4.78 is 13.1. The normalized spacial score (nSPS) is 14.0. The lowest BCUT2D eigenvalue weighted by Crippen LogP contribution is -2.50. The third kappa shape index (κ3) is 5.00. The fourth-order valence-electron chi connectivity index (χ4n) is 4.04. The number of rotatable bonds is 5. The summed E-state index contributed by atoms with van der Waals surface area (Å²) in [4.78, 5) is 29.3. The molecule has 0 unspecified atom stereocenters. The SMILES string of the molecule is O=C(CC(c1ccccc1)c1ccccc1)N1CCN(C(=O)c2ccc(F)cc2)CC1. The molecule has 158 valence electrons. The van der Waals surface area contributed by atoms with Gasteiger partial charge < -0.3 is 9.80 Å². The van der Waals surface area contributed by atoms with Gasteiger partial charge in [0, 0.05) is 44.1 Å². The summed E-state index contributed by atoms with van der Waals surface area (Å²) in [7, 11) is 0. The molecule has 0 aromatic heterocycles. The Morgan fingerprint density at radius 3 is 1.71 bits per heavy atom. The quantitative estimate of drug-likeness (QED) is 0.621. The van der Waals surface area contributed by atoms with Crippen LogP contribution in [0, 0.1) is 5.82 Å². The van der Waals surface area contributed by atoms with Gasteiger partial charge in [-0.3, -0.25) is 9.59 Å². The number of halogens is 1. The third-order valence-corrected chi connectivity index (χ3v) is 5.79. The van der Waals surface area contributed by atoms with Crippen LogP contribution in [0.25, 0.3) is 0 Å². The van der Waals surface area contributed by atoms with E-state index in [9.17, 15) is 14.0 Å². The molecule has 1 fully saturated rings. The van der Waals surface area contributed by atoms with Gasteiger partial charge in [-0.1, -0.05) is 60.7 Å². The van der Waals surface area contributed by atoms with E-state index in [-0.39, 0.29) is 23.5 Å². The first-order valence-electron chi connectivity index (χ1n) is 10.5. The van der Waals surface area contributed by atoms with E-state index in [1.54, 1.807) is 4.90 Å². The van der Waals surface area contributed by atoms with Gasteiger partial charge in [0.25, 0.3) is 5.91 Å². The highest BCUT2D eigenvalue weighted by molar-refractivity contribution is 5.94. The predicted molar refractivity (Wildman–Crippen MR) is 118 cm³/mol. The Hall–Kier alpha value is -3.47. The molecule has 1 heterocycles. The number of amides is 2. The van der Waals surface area contributed by atoms with Crippen molar-refractivity contribution in [2.75, 3.05) is 26.2 Å². The highest BCUT2D eigenvalue weighted by Crippen LogP contribution is 2.28. The zero-order chi connectivity index (χ0) is 21.6. The predicted octanol–water partition coefficient (Wildman–Crippen LogP) is 4.33. The van der Waals surface area contributed by atoms with Crippen LogP contribution in [0.4, 0.5) is 4.39 Å². The van der Waals surface area contributed by atoms with Crippen molar-refractivity contribution >= 4 is 11.8 Å². The van der Waals surface area contributed by atoms with E-state index in [4.69, 9.17) is 0 Å². The van der Waals surface area contributed by atoms with Crippen molar-refractivity contribution in [2.45, 2.75) is 12.3 Å². The molecule has 4 nitrogen and oxygen atoms in total. The number of carbonyl (C=O) groups is 2. The summed E-state index contributed by atoms with van der Waals surface area (Å²) in [5.74, 6) is -0.405. The van der Waals surface area contributed by atoms with E-state index >= 15 is 0 Å². The number of nitrogens with zero attached hydrogens (tertiary/aromatic N) is 2. The number of benzene rings is 3. The zero-order valence-corrected chi connectivity index (χ0v) is 17.3. The molecular weight excluding hydrogens is 391 g/mol. The summed E-state index contributed by atoms with van der Waals surface area (Å²) in [6, 6.07) is 25.8. The van der Waals surface area contributed by atoms with Gasteiger partial charge in [0.2, 0.25) is 5.91 Å².